The molecule has 0 radical (unpaired) electrons. The molecule has 0 aromatic heterocycles. The first-order valence-electron chi connectivity index (χ1n) is 6.93. The van der Waals surface area contributed by atoms with Crippen molar-refractivity contribution < 1.29 is 19.5 Å². The molecule has 18 heavy (non-hydrogen) atoms. The number of hydrogen-bond acceptors (Lipinski definition) is 2. The Morgan fingerprint density at radius 2 is 1.28 bits per heavy atom. The van der Waals surface area contributed by atoms with E-state index < -0.39 is 0 Å². The van der Waals surface area contributed by atoms with E-state index in [0.29, 0.717) is 12.1 Å². The van der Waals surface area contributed by atoms with Crippen molar-refractivity contribution in [3.63, 3.8) is 0 Å². The van der Waals surface area contributed by atoms with Gasteiger partial charge in [-0.2, -0.15) is 12.8 Å². The number of nitrogens with zero attached hydrogens (tertiary/aromatic N) is 2. The molecule has 0 rings (SSSR count). The molecule has 0 aliphatic rings. The van der Waals surface area contributed by atoms with Crippen LogP contribution >= 0.6 is 0 Å². The fraction of sp³-hybridized carbons (Fsp3) is 0.867. The summed E-state index contributed by atoms with van der Waals surface area (Å²) in [6.45, 7) is 22.0. The van der Waals surface area contributed by atoms with Gasteiger partial charge in [-0.1, -0.05) is 6.92 Å². The molecule has 0 atom stereocenters. The minimum Gasteiger partial charge on any atom is -0.342 e. The first-order valence-corrected chi connectivity index (χ1v) is 6.93. The Morgan fingerprint density at radius 1 is 0.889 bits per heavy atom. The maximum Gasteiger partial charge on any atom is 2.00 e. The average molecular weight is 308 g/mol. The molecule has 0 aromatic carbocycles. The van der Waals surface area contributed by atoms with Gasteiger partial charge in [0.15, 0.2) is 0 Å². The van der Waals surface area contributed by atoms with E-state index in [1.54, 1.807) is 0 Å². The molecule has 0 saturated heterocycles. The van der Waals surface area contributed by atoms with Crippen LogP contribution in [0.5, 0.6) is 0 Å². The van der Waals surface area contributed by atoms with Crippen molar-refractivity contribution in [3.8, 4) is 0 Å². The zero-order valence-electron chi connectivity index (χ0n) is 13.7. The van der Waals surface area contributed by atoms with Crippen molar-refractivity contribution in [1.29, 1.82) is 0 Å². The van der Waals surface area contributed by atoms with E-state index >= 15 is 0 Å². The van der Waals surface area contributed by atoms with E-state index in [1.807, 2.05) is 0 Å². The average Bonchev–Trinajstić information content (AvgIpc) is 2.26. The first-order chi connectivity index (χ1) is 7.90. The predicted octanol–water partition coefficient (Wildman–Crippen LogP) is 3.49. The number of rotatable bonds is 7. The van der Waals surface area contributed by atoms with Crippen molar-refractivity contribution in [3.05, 3.63) is 13.8 Å². The van der Waals surface area contributed by atoms with E-state index in [9.17, 15) is 0 Å². The second-order valence-electron chi connectivity index (χ2n) is 5.03. The summed E-state index contributed by atoms with van der Waals surface area (Å²) in [5.74, 6) is 0. The summed E-state index contributed by atoms with van der Waals surface area (Å²) in [4.78, 5) is 4.69. The van der Waals surface area contributed by atoms with Crippen LogP contribution in [-0.2, 0) is 19.5 Å². The van der Waals surface area contributed by atoms with E-state index in [1.165, 1.54) is 0 Å². The van der Waals surface area contributed by atoms with Gasteiger partial charge >= 0.3 is 19.5 Å². The molecule has 2 nitrogen and oxygen atoms in total. The van der Waals surface area contributed by atoms with Crippen LogP contribution in [0, 0.1) is 13.8 Å². The van der Waals surface area contributed by atoms with Crippen LogP contribution in [0.3, 0.4) is 0 Å². The SMILES string of the molecule is [CH2-]CCN(C(C)C)C(C)C.[CH2-]CCN(C)CC.[Zn+2]. The van der Waals surface area contributed by atoms with Crippen LogP contribution in [0.4, 0.5) is 0 Å². The summed E-state index contributed by atoms with van der Waals surface area (Å²) in [6.07, 6.45) is 2.03. The van der Waals surface area contributed by atoms with E-state index in [0.717, 1.165) is 32.5 Å². The van der Waals surface area contributed by atoms with Crippen LogP contribution < -0.4 is 0 Å². The molecule has 0 N–H and O–H groups in total. The standard InChI is InChI=1S/C9H20N.C6H14N.Zn/c1-6-7-10(8(2)3)9(4)5;1-4-6-7(3)5-2;/h8-9H,1,6-7H2,2-5H3;1,4-6H2,2-3H3;/q2*-1;+2. The van der Waals surface area contributed by atoms with E-state index in [-0.39, 0.29) is 19.5 Å². The fourth-order valence-corrected chi connectivity index (χ4v) is 1.72. The first kappa shape index (κ1) is 23.6. The van der Waals surface area contributed by atoms with Crippen molar-refractivity contribution in [2.24, 2.45) is 0 Å². The summed E-state index contributed by atoms with van der Waals surface area (Å²) >= 11 is 0. The molecule has 0 fully saturated rings. The van der Waals surface area contributed by atoms with Gasteiger partial charge in [0.1, 0.15) is 0 Å². The normalized spacial score (nSPS) is 10.7. The third-order valence-electron chi connectivity index (χ3n) is 2.82. The zero-order chi connectivity index (χ0) is 13.8. The molecule has 0 unspecified atom stereocenters. The van der Waals surface area contributed by atoms with Crippen LogP contribution in [-0.4, -0.2) is 48.6 Å². The minimum atomic E-state index is 0. The van der Waals surface area contributed by atoms with E-state index in [4.69, 9.17) is 0 Å². The zero-order valence-corrected chi connectivity index (χ0v) is 16.7. The second kappa shape index (κ2) is 15.6. The fourth-order valence-electron chi connectivity index (χ4n) is 1.72. The van der Waals surface area contributed by atoms with Gasteiger partial charge in [-0.15, -0.1) is 0 Å². The van der Waals surface area contributed by atoms with Gasteiger partial charge in [-0.05, 0) is 54.4 Å². The predicted molar refractivity (Wildman–Crippen MR) is 80.1 cm³/mol. The van der Waals surface area contributed by atoms with Gasteiger partial charge in [0, 0.05) is 12.1 Å². The summed E-state index contributed by atoms with van der Waals surface area (Å²) in [5.41, 5.74) is 0. The van der Waals surface area contributed by atoms with Gasteiger partial charge in [0.05, 0.1) is 0 Å². The van der Waals surface area contributed by atoms with Crippen molar-refractivity contribution in [2.75, 3.05) is 26.7 Å². The van der Waals surface area contributed by atoms with Gasteiger partial charge < -0.3 is 23.6 Å². The summed E-state index contributed by atoms with van der Waals surface area (Å²) in [7, 11) is 2.10. The van der Waals surface area contributed by atoms with Crippen LogP contribution in [0.2, 0.25) is 0 Å². The minimum absolute atomic E-state index is 0. The Hall–Kier alpha value is 0.543. The third kappa shape index (κ3) is 14.6. The molecule has 0 amide bonds. The Labute approximate surface area is 129 Å². The largest absolute Gasteiger partial charge is 2.00 e. The molecule has 3 heteroatoms. The number of hydrogen-bond donors (Lipinski definition) is 0. The quantitative estimate of drug-likeness (QED) is 0.525. The smallest absolute Gasteiger partial charge is 0.342 e. The molecular weight excluding hydrogens is 274 g/mol. The molecule has 0 heterocycles. The molecule has 0 aliphatic heterocycles. The summed E-state index contributed by atoms with van der Waals surface area (Å²) in [5, 5.41) is 0. The Morgan fingerprint density at radius 3 is 1.39 bits per heavy atom. The maximum absolute atomic E-state index is 3.85. The summed E-state index contributed by atoms with van der Waals surface area (Å²) in [6, 6.07) is 1.31. The maximum atomic E-state index is 3.85. The molecule has 106 valence electrons. The van der Waals surface area contributed by atoms with Crippen molar-refractivity contribution in [1.82, 2.24) is 9.80 Å². The second-order valence-corrected chi connectivity index (χ2v) is 5.03. The van der Waals surface area contributed by atoms with Gasteiger partial charge in [-0.25, -0.2) is 0 Å². The van der Waals surface area contributed by atoms with Gasteiger partial charge in [0.25, 0.3) is 0 Å². The summed E-state index contributed by atoms with van der Waals surface area (Å²) < 4.78 is 0. The van der Waals surface area contributed by atoms with Crippen LogP contribution in [0.25, 0.3) is 0 Å². The molecule has 0 aliphatic carbocycles. The molecule has 0 bridgehead atoms. The van der Waals surface area contributed by atoms with E-state index in [2.05, 4.69) is 65.3 Å². The Balaban J connectivity index is -0.000000251. The van der Waals surface area contributed by atoms with Crippen LogP contribution in [0.15, 0.2) is 0 Å². The molecule has 0 spiro atoms. The van der Waals surface area contributed by atoms with Crippen LogP contribution in [0.1, 0.15) is 47.5 Å². The van der Waals surface area contributed by atoms with Gasteiger partial charge in [0.2, 0.25) is 0 Å². The van der Waals surface area contributed by atoms with Gasteiger partial charge in [-0.3, -0.25) is 0 Å². The Bertz CT molecular complexity index is 141. The molecular formula is C15H34N2Zn. The van der Waals surface area contributed by atoms with Crippen molar-refractivity contribution in [2.45, 2.75) is 59.5 Å². The monoisotopic (exact) mass is 306 g/mol. The Kier molecular flexibility index (Phi) is 20.5. The molecule has 0 aromatic rings. The van der Waals surface area contributed by atoms with Crippen molar-refractivity contribution >= 4 is 0 Å². The third-order valence-corrected chi connectivity index (χ3v) is 2.82. The topological polar surface area (TPSA) is 6.48 Å². The molecule has 0 saturated carbocycles.